The second-order valence-corrected chi connectivity index (χ2v) is 8.87. The lowest BCUT2D eigenvalue weighted by Crippen LogP contribution is -2.42. The van der Waals surface area contributed by atoms with Crippen molar-refractivity contribution in [3.8, 4) is 0 Å². The van der Waals surface area contributed by atoms with Gasteiger partial charge in [-0.25, -0.2) is 9.18 Å². The Morgan fingerprint density at radius 2 is 2.06 bits per heavy atom. The molecule has 1 saturated heterocycles. The first kappa shape index (κ1) is 22.9. The highest BCUT2D eigenvalue weighted by Gasteiger charge is 2.36. The maximum Gasteiger partial charge on any atom is 0.415 e. The summed E-state index contributed by atoms with van der Waals surface area (Å²) in [5.74, 6) is -2.24. The Labute approximate surface area is 176 Å². The minimum Gasteiger partial charge on any atom is -0.434 e. The van der Waals surface area contributed by atoms with Gasteiger partial charge in [0, 0.05) is 18.7 Å². The van der Waals surface area contributed by atoms with E-state index in [1.807, 2.05) is 0 Å². The van der Waals surface area contributed by atoms with Gasteiger partial charge in [0.15, 0.2) is 6.10 Å². The van der Waals surface area contributed by atoms with Crippen molar-refractivity contribution >= 4 is 36.8 Å². The van der Waals surface area contributed by atoms with Gasteiger partial charge in [-0.05, 0) is 30.2 Å². The number of carbonyl (C=O) groups excluding carboxylic acids is 3. The van der Waals surface area contributed by atoms with E-state index in [0.717, 1.165) is 11.0 Å². The Morgan fingerprint density at radius 1 is 1.35 bits per heavy atom. The van der Waals surface area contributed by atoms with Crippen LogP contribution in [-0.4, -0.2) is 75.7 Å². The topological polar surface area (TPSA) is 171 Å². The third-order valence-electron chi connectivity index (χ3n) is 4.96. The Balaban J connectivity index is 1.69. The third kappa shape index (κ3) is 5.28. The number of nitrogens with two attached hydrogens (primary N) is 1. The van der Waals surface area contributed by atoms with Crippen LogP contribution in [0.2, 0.25) is 0 Å². The van der Waals surface area contributed by atoms with Gasteiger partial charge in [0.1, 0.15) is 11.9 Å². The van der Waals surface area contributed by atoms with Gasteiger partial charge in [0.05, 0.1) is 18.4 Å². The van der Waals surface area contributed by atoms with E-state index in [1.165, 1.54) is 17.0 Å². The Bertz CT molecular complexity index is 994. The molecule has 0 aromatic heterocycles. The Morgan fingerprint density at radius 3 is 2.58 bits per heavy atom. The van der Waals surface area contributed by atoms with Crippen LogP contribution in [0.15, 0.2) is 24.3 Å². The standard InChI is InChI=1S/C18H21FN3O8P/c19-13-7-11(22-8-15(16(20)24)30-18(22)26)1-2-12(13)10-3-5-21(6-4-10)17(25)14(23)9-31(27,28)29/h1-3,7,14-15,23H,4-6,8-9H2,(H2,20,24)(H2,27,28,29)/t14-,15-/m1/s1. The molecule has 31 heavy (non-hydrogen) atoms. The number of carbonyl (C=O) groups is 3. The molecule has 0 aliphatic carbocycles. The first-order valence-electron chi connectivity index (χ1n) is 9.24. The maximum atomic E-state index is 14.7. The second kappa shape index (κ2) is 8.75. The first-order chi connectivity index (χ1) is 14.5. The van der Waals surface area contributed by atoms with E-state index in [-0.39, 0.29) is 37.3 Å². The monoisotopic (exact) mass is 457 g/mol. The number of hydrogen-bond acceptors (Lipinski definition) is 6. The summed E-state index contributed by atoms with van der Waals surface area (Å²) < 4.78 is 30.5. The fourth-order valence-corrected chi connectivity index (χ4v) is 3.99. The van der Waals surface area contributed by atoms with E-state index in [4.69, 9.17) is 20.3 Å². The summed E-state index contributed by atoms with van der Waals surface area (Å²) in [6.45, 7) is 0.0405. The lowest BCUT2D eigenvalue weighted by molar-refractivity contribution is -0.138. The number of nitrogens with zero attached hydrogens (tertiary/aromatic N) is 2. The van der Waals surface area contributed by atoms with Crippen LogP contribution in [0.5, 0.6) is 0 Å². The van der Waals surface area contributed by atoms with Gasteiger partial charge in [-0.2, -0.15) is 0 Å². The van der Waals surface area contributed by atoms with Crippen molar-refractivity contribution in [2.75, 3.05) is 30.7 Å². The van der Waals surface area contributed by atoms with Gasteiger partial charge >= 0.3 is 13.7 Å². The molecule has 0 saturated carbocycles. The lowest BCUT2D eigenvalue weighted by Gasteiger charge is -2.28. The van der Waals surface area contributed by atoms with Gasteiger partial charge in [0.2, 0.25) is 0 Å². The molecule has 2 heterocycles. The van der Waals surface area contributed by atoms with E-state index < -0.39 is 49.7 Å². The molecule has 13 heteroatoms. The predicted octanol–water partition coefficient (Wildman–Crippen LogP) is -0.210. The van der Waals surface area contributed by atoms with Crippen molar-refractivity contribution in [2.24, 2.45) is 5.73 Å². The van der Waals surface area contributed by atoms with Crippen molar-refractivity contribution < 1.29 is 43.0 Å². The second-order valence-electron chi connectivity index (χ2n) is 7.18. The number of aliphatic hydroxyl groups is 1. The molecule has 0 unspecified atom stereocenters. The molecule has 0 spiro atoms. The smallest absolute Gasteiger partial charge is 0.415 e. The van der Waals surface area contributed by atoms with E-state index in [9.17, 15) is 28.4 Å². The van der Waals surface area contributed by atoms with E-state index in [0.29, 0.717) is 5.57 Å². The molecule has 2 aliphatic heterocycles. The maximum absolute atomic E-state index is 14.7. The van der Waals surface area contributed by atoms with Crippen LogP contribution < -0.4 is 10.6 Å². The van der Waals surface area contributed by atoms with Crippen LogP contribution >= 0.6 is 7.60 Å². The molecule has 2 atom stereocenters. The summed E-state index contributed by atoms with van der Waals surface area (Å²) in [7, 11) is -4.55. The zero-order valence-electron chi connectivity index (χ0n) is 16.2. The Hall–Kier alpha value is -2.79. The molecule has 5 N–H and O–H groups in total. The number of hydrogen-bond donors (Lipinski definition) is 4. The van der Waals surface area contributed by atoms with E-state index in [2.05, 4.69) is 0 Å². The molecule has 0 bridgehead atoms. The summed E-state index contributed by atoms with van der Waals surface area (Å²) in [5.41, 5.74) is 6.17. The molecule has 11 nitrogen and oxygen atoms in total. The molecule has 3 rings (SSSR count). The van der Waals surface area contributed by atoms with Gasteiger partial charge in [-0.15, -0.1) is 0 Å². The number of rotatable bonds is 6. The summed E-state index contributed by atoms with van der Waals surface area (Å²) in [5, 5.41) is 9.71. The quantitative estimate of drug-likeness (QED) is 0.425. The highest BCUT2D eigenvalue weighted by molar-refractivity contribution is 7.51. The molecule has 0 radical (unpaired) electrons. The van der Waals surface area contributed by atoms with Crippen LogP contribution in [0.3, 0.4) is 0 Å². The molecule has 168 valence electrons. The molecular weight excluding hydrogens is 436 g/mol. The van der Waals surface area contributed by atoms with Gasteiger partial charge in [0.25, 0.3) is 11.8 Å². The van der Waals surface area contributed by atoms with Crippen molar-refractivity contribution in [1.82, 2.24) is 4.90 Å². The lowest BCUT2D eigenvalue weighted by atomic mass is 9.98. The zero-order valence-corrected chi connectivity index (χ0v) is 17.1. The van der Waals surface area contributed by atoms with Gasteiger partial charge in [-0.1, -0.05) is 6.08 Å². The van der Waals surface area contributed by atoms with Crippen LogP contribution in [-0.2, 0) is 18.9 Å². The molecule has 1 aromatic carbocycles. The normalized spacial score (nSPS) is 20.3. The van der Waals surface area contributed by atoms with E-state index >= 15 is 0 Å². The Kier molecular flexibility index (Phi) is 6.46. The summed E-state index contributed by atoms with van der Waals surface area (Å²) in [6.07, 6.45) is -2.88. The average molecular weight is 457 g/mol. The zero-order chi connectivity index (χ0) is 22.9. The van der Waals surface area contributed by atoms with Crippen molar-refractivity contribution in [3.05, 3.63) is 35.7 Å². The van der Waals surface area contributed by atoms with Crippen molar-refractivity contribution in [3.63, 3.8) is 0 Å². The summed E-state index contributed by atoms with van der Waals surface area (Å²) in [4.78, 5) is 55.3. The molecule has 1 aromatic rings. The summed E-state index contributed by atoms with van der Waals surface area (Å²) in [6, 6.07) is 4.08. The van der Waals surface area contributed by atoms with Crippen LogP contribution in [0.4, 0.5) is 14.9 Å². The fourth-order valence-electron chi connectivity index (χ4n) is 3.38. The van der Waals surface area contributed by atoms with Crippen LogP contribution in [0.1, 0.15) is 12.0 Å². The molecule has 3 amide bonds. The minimum absolute atomic E-state index is 0.0340. The average Bonchev–Trinajstić information content (AvgIpc) is 3.08. The molecule has 1 fully saturated rings. The number of cyclic esters (lactones) is 1. The number of primary amides is 1. The highest BCUT2D eigenvalue weighted by Crippen LogP contribution is 2.35. The third-order valence-corrected chi connectivity index (χ3v) is 5.78. The van der Waals surface area contributed by atoms with Crippen molar-refractivity contribution in [2.45, 2.75) is 18.6 Å². The number of anilines is 1. The predicted molar refractivity (Wildman–Crippen MR) is 105 cm³/mol. The van der Waals surface area contributed by atoms with Crippen molar-refractivity contribution in [1.29, 1.82) is 0 Å². The largest absolute Gasteiger partial charge is 0.434 e. The number of halogens is 1. The number of aliphatic hydroxyl groups excluding tert-OH is 1. The SMILES string of the molecule is NC(=O)[C@H]1CN(c2ccc(C3=CCN(C(=O)[C@H](O)CP(=O)(O)O)CC3)c(F)c2)C(=O)O1. The number of amides is 3. The number of ether oxygens (including phenoxy) is 1. The molecule has 2 aliphatic rings. The van der Waals surface area contributed by atoms with Crippen LogP contribution in [0.25, 0.3) is 5.57 Å². The van der Waals surface area contributed by atoms with Gasteiger partial charge < -0.3 is 30.3 Å². The first-order valence-corrected chi connectivity index (χ1v) is 11.0. The summed E-state index contributed by atoms with van der Waals surface area (Å²) >= 11 is 0. The number of benzene rings is 1. The fraction of sp³-hybridized carbons (Fsp3) is 0.389. The highest BCUT2D eigenvalue weighted by atomic mass is 31.2. The van der Waals surface area contributed by atoms with E-state index in [1.54, 1.807) is 6.08 Å². The minimum atomic E-state index is -4.55. The van der Waals surface area contributed by atoms with Gasteiger partial charge in [-0.3, -0.25) is 19.1 Å². The van der Waals surface area contributed by atoms with Crippen LogP contribution in [0, 0.1) is 5.82 Å². The molecular formula is C18H21FN3O8P.